The van der Waals surface area contributed by atoms with E-state index < -0.39 is 43.2 Å². The van der Waals surface area contributed by atoms with Crippen LogP contribution < -0.4 is 19.9 Å². The fraction of sp³-hybridized carbons (Fsp3) is 0.417. The molecule has 1 unspecified atom stereocenters. The molecular formula is C48H59N4O10P. The number of aryl methyl sites for hydroxylation is 1. The number of hydrogen-bond acceptors (Lipinski definition) is 12. The lowest BCUT2D eigenvalue weighted by molar-refractivity contribution is -0.384. The Morgan fingerprint density at radius 3 is 1.95 bits per heavy atom. The van der Waals surface area contributed by atoms with Crippen molar-refractivity contribution in [2.75, 3.05) is 27.4 Å². The fourth-order valence-electron chi connectivity index (χ4n) is 7.78. The summed E-state index contributed by atoms with van der Waals surface area (Å²) in [7, 11) is 1.55. The van der Waals surface area contributed by atoms with Crippen LogP contribution in [0.15, 0.2) is 114 Å². The molecule has 0 spiro atoms. The van der Waals surface area contributed by atoms with Gasteiger partial charge in [-0.05, 0) is 101 Å². The lowest BCUT2D eigenvalue weighted by atomic mass is 9.80. The number of nitro benzene ring substituents is 1. The van der Waals surface area contributed by atoms with Crippen LogP contribution in [-0.4, -0.2) is 77.0 Å². The van der Waals surface area contributed by atoms with E-state index in [1.54, 1.807) is 32.5 Å². The molecule has 2 heterocycles. The Balaban J connectivity index is 1.40. The molecule has 6 rings (SSSR count). The van der Waals surface area contributed by atoms with Crippen molar-refractivity contribution in [1.29, 1.82) is 0 Å². The van der Waals surface area contributed by atoms with Crippen molar-refractivity contribution in [1.82, 2.24) is 14.2 Å². The normalized spacial score (nSPS) is 17.1. The second-order valence-electron chi connectivity index (χ2n) is 16.2. The maximum atomic E-state index is 13.7. The van der Waals surface area contributed by atoms with Crippen LogP contribution in [0.3, 0.4) is 0 Å². The molecule has 336 valence electrons. The fourth-order valence-corrected chi connectivity index (χ4v) is 9.54. The number of nitro groups is 1. The third-order valence-electron chi connectivity index (χ3n) is 10.8. The summed E-state index contributed by atoms with van der Waals surface area (Å²) in [5.41, 5.74) is 2.54. The van der Waals surface area contributed by atoms with E-state index in [1.807, 2.05) is 99.6 Å². The highest BCUT2D eigenvalue weighted by Gasteiger charge is 2.45. The third-order valence-corrected chi connectivity index (χ3v) is 12.9. The SMILES string of the molecule is COc1ccc(C(OC[C@H]2O[C@@H](n3cc(C)c(OC(C)C)nc3=O)C[C@@H]2OP(OCCc2ccc([N+](=O)[O-])cc2)N(C(C)C)C(C)C)(c2ccccc2)c2ccc(OC)cc2)cc1. The topological polar surface area (TPSA) is 146 Å². The van der Waals surface area contributed by atoms with Crippen molar-refractivity contribution in [3.8, 4) is 17.4 Å². The Kier molecular flexibility index (Phi) is 16.1. The second-order valence-corrected chi connectivity index (χ2v) is 17.6. The number of methoxy groups -OCH3 is 2. The van der Waals surface area contributed by atoms with Crippen molar-refractivity contribution < 1.29 is 37.7 Å². The minimum Gasteiger partial charge on any atom is -0.497 e. The van der Waals surface area contributed by atoms with Crippen LogP contribution in [-0.2, 0) is 30.5 Å². The van der Waals surface area contributed by atoms with Crippen LogP contribution >= 0.6 is 8.53 Å². The van der Waals surface area contributed by atoms with Gasteiger partial charge in [-0.25, -0.2) is 9.46 Å². The summed E-state index contributed by atoms with van der Waals surface area (Å²) in [6.45, 7) is 14.3. The van der Waals surface area contributed by atoms with Gasteiger partial charge in [-0.3, -0.25) is 14.7 Å². The van der Waals surface area contributed by atoms with Crippen molar-refractivity contribution >= 4 is 14.2 Å². The largest absolute Gasteiger partial charge is 0.497 e. The lowest BCUT2D eigenvalue weighted by Gasteiger charge is -2.39. The molecule has 0 aliphatic carbocycles. The summed E-state index contributed by atoms with van der Waals surface area (Å²) in [5, 5.41) is 11.3. The first-order valence-corrected chi connectivity index (χ1v) is 22.4. The molecule has 0 amide bonds. The number of ether oxygens (including phenoxy) is 5. The highest BCUT2D eigenvalue weighted by atomic mass is 31.2. The Labute approximate surface area is 371 Å². The quantitative estimate of drug-likeness (QED) is 0.0299. The first-order chi connectivity index (χ1) is 30.2. The van der Waals surface area contributed by atoms with E-state index in [2.05, 4.69) is 37.3 Å². The molecular weight excluding hydrogens is 824 g/mol. The molecule has 0 saturated carbocycles. The summed E-state index contributed by atoms with van der Waals surface area (Å²) in [6, 6.07) is 32.2. The predicted molar refractivity (Wildman–Crippen MR) is 242 cm³/mol. The Hall–Kier alpha value is -5.21. The molecule has 4 atom stereocenters. The summed E-state index contributed by atoms with van der Waals surface area (Å²) < 4.78 is 48.7. The van der Waals surface area contributed by atoms with E-state index in [9.17, 15) is 14.9 Å². The highest BCUT2D eigenvalue weighted by molar-refractivity contribution is 7.44. The molecule has 1 aliphatic rings. The summed E-state index contributed by atoms with van der Waals surface area (Å²) >= 11 is 0. The minimum absolute atomic E-state index is 0.0296. The summed E-state index contributed by atoms with van der Waals surface area (Å²) in [6.07, 6.45) is 0.287. The van der Waals surface area contributed by atoms with Crippen LogP contribution in [0.25, 0.3) is 0 Å². The van der Waals surface area contributed by atoms with Gasteiger partial charge < -0.3 is 32.7 Å². The molecule has 0 radical (unpaired) electrons. The van der Waals surface area contributed by atoms with Gasteiger partial charge in [0.2, 0.25) is 5.88 Å². The maximum Gasteiger partial charge on any atom is 0.352 e. The molecule has 1 aliphatic heterocycles. The molecule has 1 fully saturated rings. The standard InChI is InChI=1S/C48H59N4O10P/c1-32(2)51(33(3)4)63(59-28-27-36-15-21-40(22-16-36)52(54)55)62-43-29-45(50-30-35(7)46(49-47(50)53)60-34(5)6)61-44(43)31-58-48(37-13-11-10-12-14-37,38-17-23-41(56-8)24-18-38)39-19-25-42(57-9)26-20-39/h10-26,30,32-34,43-45H,27-29,31H2,1-9H3/t43-,44+,45+,63?/m0/s1. The zero-order valence-electron chi connectivity index (χ0n) is 37.5. The van der Waals surface area contributed by atoms with Crippen molar-refractivity contribution in [3.05, 3.63) is 158 Å². The van der Waals surface area contributed by atoms with Crippen LogP contribution in [0.1, 0.15) is 82.0 Å². The number of rotatable bonds is 21. The zero-order valence-corrected chi connectivity index (χ0v) is 38.4. The van der Waals surface area contributed by atoms with Crippen molar-refractivity contribution in [3.63, 3.8) is 0 Å². The predicted octanol–water partition coefficient (Wildman–Crippen LogP) is 9.55. The smallest absolute Gasteiger partial charge is 0.352 e. The number of hydrogen-bond donors (Lipinski definition) is 0. The molecule has 15 heteroatoms. The Bertz CT molecular complexity index is 2230. The van der Waals surface area contributed by atoms with E-state index in [-0.39, 0.29) is 42.8 Å². The first-order valence-electron chi connectivity index (χ1n) is 21.3. The first kappa shape index (κ1) is 47.3. The van der Waals surface area contributed by atoms with Gasteiger partial charge in [-0.2, -0.15) is 4.98 Å². The number of aromatic nitrogens is 2. The molecule has 14 nitrogen and oxygen atoms in total. The molecule has 0 bridgehead atoms. The highest BCUT2D eigenvalue weighted by Crippen LogP contribution is 2.51. The van der Waals surface area contributed by atoms with E-state index in [0.717, 1.165) is 22.3 Å². The van der Waals surface area contributed by atoms with E-state index in [4.69, 9.17) is 32.7 Å². The minimum atomic E-state index is -1.71. The van der Waals surface area contributed by atoms with Gasteiger partial charge in [0.15, 0.2) is 0 Å². The van der Waals surface area contributed by atoms with Gasteiger partial charge in [0.25, 0.3) is 14.2 Å². The molecule has 0 N–H and O–H groups in total. The average molecular weight is 883 g/mol. The van der Waals surface area contributed by atoms with E-state index in [1.165, 1.54) is 16.7 Å². The van der Waals surface area contributed by atoms with Gasteiger partial charge in [0, 0.05) is 42.4 Å². The third kappa shape index (κ3) is 11.3. The Morgan fingerprint density at radius 1 is 0.857 bits per heavy atom. The number of benzene rings is 4. The van der Waals surface area contributed by atoms with Gasteiger partial charge in [0.05, 0.1) is 44.6 Å². The van der Waals surface area contributed by atoms with Gasteiger partial charge >= 0.3 is 5.69 Å². The monoisotopic (exact) mass is 882 g/mol. The molecule has 1 saturated heterocycles. The molecule has 5 aromatic rings. The molecule has 1 aromatic heterocycles. The van der Waals surface area contributed by atoms with Crippen LogP contribution in [0.4, 0.5) is 5.69 Å². The lowest BCUT2D eigenvalue weighted by Crippen LogP contribution is -2.39. The van der Waals surface area contributed by atoms with Crippen LogP contribution in [0.2, 0.25) is 0 Å². The van der Waals surface area contributed by atoms with Crippen molar-refractivity contribution in [2.45, 2.75) is 104 Å². The van der Waals surface area contributed by atoms with E-state index >= 15 is 0 Å². The van der Waals surface area contributed by atoms with Gasteiger partial charge in [-0.15, -0.1) is 0 Å². The summed E-state index contributed by atoms with van der Waals surface area (Å²) in [5.74, 6) is 1.68. The van der Waals surface area contributed by atoms with E-state index in [0.29, 0.717) is 30.1 Å². The summed E-state index contributed by atoms with van der Waals surface area (Å²) in [4.78, 5) is 28.9. The molecule has 4 aromatic carbocycles. The van der Waals surface area contributed by atoms with Gasteiger partial charge in [0.1, 0.15) is 29.4 Å². The second kappa shape index (κ2) is 21.4. The number of non-ortho nitro benzene ring substituents is 1. The van der Waals surface area contributed by atoms with Crippen LogP contribution in [0, 0.1) is 17.0 Å². The average Bonchev–Trinajstić information content (AvgIpc) is 3.67. The Morgan fingerprint density at radius 2 is 1.43 bits per heavy atom. The zero-order chi connectivity index (χ0) is 45.3. The van der Waals surface area contributed by atoms with Crippen molar-refractivity contribution in [2.24, 2.45) is 0 Å². The number of nitrogens with zero attached hydrogens (tertiary/aromatic N) is 4. The maximum absolute atomic E-state index is 13.7. The molecule has 63 heavy (non-hydrogen) atoms. The van der Waals surface area contributed by atoms with Gasteiger partial charge in [-0.1, -0.05) is 66.7 Å². The van der Waals surface area contributed by atoms with Crippen LogP contribution in [0.5, 0.6) is 17.4 Å².